The van der Waals surface area contributed by atoms with Crippen LogP contribution in [-0.4, -0.2) is 12.9 Å². The maximum absolute atomic E-state index is 11.6. The van der Waals surface area contributed by atoms with Crippen molar-refractivity contribution in [2.45, 2.75) is 25.3 Å². The molecule has 0 bridgehead atoms. The van der Waals surface area contributed by atoms with Crippen LogP contribution in [0.1, 0.15) is 24.5 Å². The molecule has 0 amide bonds. The molecule has 0 fully saturated rings. The molecule has 0 aliphatic heterocycles. The molecule has 1 aromatic carbocycles. The summed E-state index contributed by atoms with van der Waals surface area (Å²) in [7, 11) is 1.61. The maximum atomic E-state index is 11.6. The van der Waals surface area contributed by atoms with E-state index < -0.39 is 5.54 Å². The van der Waals surface area contributed by atoms with E-state index in [1.54, 1.807) is 14.0 Å². The van der Waals surface area contributed by atoms with Crippen LogP contribution in [0.25, 0.3) is 0 Å². The molecule has 2 rings (SSSR count). The van der Waals surface area contributed by atoms with Crippen molar-refractivity contribution < 1.29 is 9.53 Å². The number of hydrogen-bond donors (Lipinski definition) is 1. The first-order valence-electron chi connectivity index (χ1n) is 5.05. The van der Waals surface area contributed by atoms with Gasteiger partial charge in [-0.3, -0.25) is 4.79 Å². The van der Waals surface area contributed by atoms with Crippen molar-refractivity contribution in [3.63, 3.8) is 0 Å². The Morgan fingerprint density at radius 1 is 1.53 bits per heavy atom. The first kappa shape index (κ1) is 10.2. The number of ether oxygens (including phenoxy) is 1. The second kappa shape index (κ2) is 3.35. The number of rotatable bonds is 2. The van der Waals surface area contributed by atoms with E-state index in [1.807, 2.05) is 18.2 Å². The van der Waals surface area contributed by atoms with Crippen LogP contribution < -0.4 is 10.5 Å². The molecule has 3 nitrogen and oxygen atoms in total. The summed E-state index contributed by atoms with van der Waals surface area (Å²) >= 11 is 0. The molecule has 0 saturated carbocycles. The fourth-order valence-electron chi connectivity index (χ4n) is 2.15. The van der Waals surface area contributed by atoms with E-state index in [9.17, 15) is 4.79 Å². The van der Waals surface area contributed by atoms with Crippen molar-refractivity contribution in [3.8, 4) is 5.75 Å². The van der Waals surface area contributed by atoms with E-state index in [0.717, 1.165) is 23.3 Å². The van der Waals surface area contributed by atoms with E-state index in [1.165, 1.54) is 0 Å². The number of hydrogen-bond acceptors (Lipinski definition) is 3. The lowest BCUT2D eigenvalue weighted by Crippen LogP contribution is -2.41. The van der Waals surface area contributed by atoms with Crippen molar-refractivity contribution in [1.29, 1.82) is 0 Å². The van der Waals surface area contributed by atoms with Gasteiger partial charge in [0.25, 0.3) is 0 Å². The predicted octanol–water partition coefficient (Wildman–Crippen LogP) is 1.38. The van der Waals surface area contributed by atoms with Gasteiger partial charge in [-0.1, -0.05) is 6.07 Å². The molecular weight excluding hydrogens is 190 g/mol. The van der Waals surface area contributed by atoms with Gasteiger partial charge < -0.3 is 10.5 Å². The molecular formula is C12H15NO2. The topological polar surface area (TPSA) is 52.3 Å². The minimum atomic E-state index is -0.802. The van der Waals surface area contributed by atoms with Gasteiger partial charge in [0.1, 0.15) is 11.3 Å². The quantitative estimate of drug-likeness (QED) is 0.793. The molecule has 0 radical (unpaired) electrons. The van der Waals surface area contributed by atoms with Gasteiger partial charge in [-0.15, -0.1) is 0 Å². The zero-order valence-corrected chi connectivity index (χ0v) is 9.04. The lowest BCUT2D eigenvalue weighted by Gasteiger charge is -2.22. The van der Waals surface area contributed by atoms with Crippen LogP contribution in [-0.2, 0) is 16.8 Å². The van der Waals surface area contributed by atoms with E-state index >= 15 is 0 Å². The Labute approximate surface area is 89.2 Å². The monoisotopic (exact) mass is 205 g/mol. The molecule has 15 heavy (non-hydrogen) atoms. The van der Waals surface area contributed by atoms with E-state index in [0.29, 0.717) is 6.42 Å². The molecule has 2 N–H and O–H groups in total. The number of benzene rings is 1. The second-order valence-electron chi connectivity index (χ2n) is 4.05. The Balaban J connectivity index is 2.53. The van der Waals surface area contributed by atoms with E-state index in [-0.39, 0.29) is 5.78 Å². The number of ketones is 1. The summed E-state index contributed by atoms with van der Waals surface area (Å²) in [5.41, 5.74) is 7.42. The van der Waals surface area contributed by atoms with Crippen molar-refractivity contribution in [2.75, 3.05) is 7.11 Å². The molecule has 1 aliphatic carbocycles. The molecule has 1 unspecified atom stereocenters. The minimum absolute atomic E-state index is 0.0227. The summed E-state index contributed by atoms with van der Waals surface area (Å²) in [4.78, 5) is 11.6. The van der Waals surface area contributed by atoms with Gasteiger partial charge in [-0.25, -0.2) is 0 Å². The van der Waals surface area contributed by atoms with Crippen LogP contribution >= 0.6 is 0 Å². The fourth-order valence-corrected chi connectivity index (χ4v) is 2.15. The van der Waals surface area contributed by atoms with Gasteiger partial charge in [-0.2, -0.15) is 0 Å². The van der Waals surface area contributed by atoms with Gasteiger partial charge in [-0.05, 0) is 43.0 Å². The van der Waals surface area contributed by atoms with Crippen molar-refractivity contribution in [2.24, 2.45) is 5.73 Å². The first-order valence-corrected chi connectivity index (χ1v) is 5.05. The van der Waals surface area contributed by atoms with Crippen LogP contribution in [0.2, 0.25) is 0 Å². The number of carbonyl (C=O) groups is 1. The molecule has 0 aromatic heterocycles. The lowest BCUT2D eigenvalue weighted by atomic mass is 9.89. The summed E-state index contributed by atoms with van der Waals surface area (Å²) in [5.74, 6) is 0.779. The van der Waals surface area contributed by atoms with E-state index in [4.69, 9.17) is 10.5 Å². The normalized spacial score (nSPS) is 23.7. The van der Waals surface area contributed by atoms with Gasteiger partial charge in [0, 0.05) is 0 Å². The third-order valence-corrected chi connectivity index (χ3v) is 3.21. The summed E-state index contributed by atoms with van der Waals surface area (Å²) < 4.78 is 5.15. The summed E-state index contributed by atoms with van der Waals surface area (Å²) in [6, 6.07) is 5.78. The molecule has 0 spiro atoms. The third kappa shape index (κ3) is 1.43. The number of Topliss-reactive ketones (excluding diaryl/α,β-unsaturated/α-hetero) is 1. The van der Waals surface area contributed by atoms with Crippen molar-refractivity contribution >= 4 is 5.78 Å². The highest BCUT2D eigenvalue weighted by atomic mass is 16.5. The van der Waals surface area contributed by atoms with E-state index in [2.05, 4.69) is 0 Å². The Bertz CT molecular complexity index is 414. The smallest absolute Gasteiger partial charge is 0.154 e. The van der Waals surface area contributed by atoms with Crippen LogP contribution in [0.3, 0.4) is 0 Å². The SMILES string of the molecule is COc1ccc2c(c1)C(N)(C(C)=O)CC2. The second-order valence-corrected chi connectivity index (χ2v) is 4.05. The van der Waals surface area contributed by atoms with Crippen LogP contribution in [0.5, 0.6) is 5.75 Å². The van der Waals surface area contributed by atoms with Crippen LogP contribution in [0.15, 0.2) is 18.2 Å². The molecule has 1 aliphatic rings. The largest absolute Gasteiger partial charge is 0.497 e. The zero-order valence-electron chi connectivity index (χ0n) is 9.04. The average Bonchev–Trinajstić information content (AvgIpc) is 2.57. The third-order valence-electron chi connectivity index (χ3n) is 3.21. The summed E-state index contributed by atoms with van der Waals surface area (Å²) in [6.45, 7) is 1.55. The average molecular weight is 205 g/mol. The zero-order chi connectivity index (χ0) is 11.1. The highest BCUT2D eigenvalue weighted by Gasteiger charge is 2.39. The Kier molecular flexibility index (Phi) is 2.27. The summed E-state index contributed by atoms with van der Waals surface area (Å²) in [6.07, 6.45) is 1.57. The van der Waals surface area contributed by atoms with Crippen LogP contribution in [0, 0.1) is 0 Å². The van der Waals surface area contributed by atoms with Gasteiger partial charge in [0.05, 0.1) is 7.11 Å². The molecule has 0 heterocycles. The first-order chi connectivity index (χ1) is 7.08. The Hall–Kier alpha value is -1.35. The number of methoxy groups -OCH3 is 1. The number of carbonyl (C=O) groups excluding carboxylic acids is 1. The highest BCUT2D eigenvalue weighted by molar-refractivity contribution is 5.88. The molecule has 0 saturated heterocycles. The molecule has 80 valence electrons. The molecule has 1 atom stereocenters. The van der Waals surface area contributed by atoms with Crippen LogP contribution in [0.4, 0.5) is 0 Å². The maximum Gasteiger partial charge on any atom is 0.154 e. The minimum Gasteiger partial charge on any atom is -0.497 e. The van der Waals surface area contributed by atoms with Gasteiger partial charge in [0.15, 0.2) is 5.78 Å². The standard InChI is InChI=1S/C12H15NO2/c1-8(14)12(13)6-5-9-3-4-10(15-2)7-11(9)12/h3-4,7H,5-6,13H2,1-2H3. The molecule has 1 aromatic rings. The molecule has 3 heteroatoms. The van der Waals surface area contributed by atoms with Crippen molar-refractivity contribution in [1.82, 2.24) is 0 Å². The highest BCUT2D eigenvalue weighted by Crippen LogP contribution is 2.37. The Morgan fingerprint density at radius 2 is 2.27 bits per heavy atom. The summed E-state index contributed by atoms with van der Waals surface area (Å²) in [5, 5.41) is 0. The Morgan fingerprint density at radius 3 is 2.87 bits per heavy atom. The fraction of sp³-hybridized carbons (Fsp3) is 0.417. The number of fused-ring (bicyclic) bond motifs is 1. The van der Waals surface area contributed by atoms with Gasteiger partial charge in [0.2, 0.25) is 0 Å². The van der Waals surface area contributed by atoms with Crippen molar-refractivity contribution in [3.05, 3.63) is 29.3 Å². The lowest BCUT2D eigenvalue weighted by molar-refractivity contribution is -0.122. The number of nitrogens with two attached hydrogens (primary N) is 1. The van der Waals surface area contributed by atoms with Gasteiger partial charge >= 0.3 is 0 Å². The number of aryl methyl sites for hydroxylation is 1. The predicted molar refractivity (Wildman–Crippen MR) is 57.9 cm³/mol.